The second-order valence-corrected chi connectivity index (χ2v) is 8.58. The van der Waals surface area contributed by atoms with Crippen LogP contribution in [0.25, 0.3) is 10.1 Å². The summed E-state index contributed by atoms with van der Waals surface area (Å²) < 4.78 is 12.6. The maximum absolute atomic E-state index is 11.5. The van der Waals surface area contributed by atoms with Crippen LogP contribution >= 0.6 is 11.3 Å². The third-order valence-corrected chi connectivity index (χ3v) is 6.54. The van der Waals surface area contributed by atoms with Crippen LogP contribution in [0.15, 0.2) is 47.8 Å². The third-order valence-electron chi connectivity index (χ3n) is 5.66. The number of nitrogens with zero attached hydrogens (tertiary/aromatic N) is 2. The van der Waals surface area contributed by atoms with Crippen LogP contribution in [0.4, 0.5) is 11.4 Å². The van der Waals surface area contributed by atoms with Crippen molar-refractivity contribution in [3.63, 3.8) is 0 Å². The van der Waals surface area contributed by atoms with Gasteiger partial charge in [-0.2, -0.15) is 0 Å². The molecule has 156 valence electrons. The Kier molecular flexibility index (Phi) is 5.46. The van der Waals surface area contributed by atoms with E-state index in [1.54, 1.807) is 11.3 Å². The molecule has 0 atom stereocenters. The van der Waals surface area contributed by atoms with Crippen LogP contribution in [0.3, 0.4) is 0 Å². The molecular weight excluding hydrogens is 398 g/mol. The first-order chi connectivity index (χ1) is 14.8. The Balaban J connectivity index is 1.08. The Bertz CT molecular complexity index is 1040. The van der Waals surface area contributed by atoms with Gasteiger partial charge in [0.2, 0.25) is 0 Å². The Hall–Kier alpha value is -2.77. The van der Waals surface area contributed by atoms with Crippen LogP contribution in [0.5, 0.6) is 11.5 Å². The Labute approximate surface area is 180 Å². The highest BCUT2D eigenvalue weighted by atomic mass is 32.1. The van der Waals surface area contributed by atoms with Gasteiger partial charge < -0.3 is 19.7 Å². The Morgan fingerprint density at radius 3 is 2.90 bits per heavy atom. The fraction of sp³-hybridized carbons (Fsp3) is 0.348. The predicted molar refractivity (Wildman–Crippen MR) is 121 cm³/mol. The highest BCUT2D eigenvalue weighted by Gasteiger charge is 2.19. The van der Waals surface area contributed by atoms with Gasteiger partial charge in [0, 0.05) is 54.6 Å². The van der Waals surface area contributed by atoms with Gasteiger partial charge in [-0.25, -0.2) is 0 Å². The smallest absolute Gasteiger partial charge is 0.262 e. The molecule has 2 aromatic carbocycles. The van der Waals surface area contributed by atoms with Crippen molar-refractivity contribution in [2.24, 2.45) is 0 Å². The summed E-state index contributed by atoms with van der Waals surface area (Å²) in [5.74, 6) is 1.32. The molecule has 2 aliphatic heterocycles. The molecule has 0 radical (unpaired) electrons. The molecule has 5 rings (SSSR count). The summed E-state index contributed by atoms with van der Waals surface area (Å²) in [7, 11) is 0. The molecule has 3 aromatic rings. The van der Waals surface area contributed by atoms with Crippen LogP contribution < -0.4 is 19.7 Å². The van der Waals surface area contributed by atoms with Gasteiger partial charge in [0.05, 0.1) is 12.3 Å². The van der Waals surface area contributed by atoms with Gasteiger partial charge in [0.25, 0.3) is 5.91 Å². The van der Waals surface area contributed by atoms with Gasteiger partial charge in [-0.1, -0.05) is 6.07 Å². The molecule has 6 nitrogen and oxygen atoms in total. The lowest BCUT2D eigenvalue weighted by atomic mass is 10.2. The van der Waals surface area contributed by atoms with E-state index in [1.165, 1.54) is 15.8 Å². The van der Waals surface area contributed by atoms with Crippen LogP contribution in [0.1, 0.15) is 6.42 Å². The fourth-order valence-electron chi connectivity index (χ4n) is 4.10. The number of hydrogen-bond donors (Lipinski definition) is 1. The molecule has 0 saturated carbocycles. The van der Waals surface area contributed by atoms with Crippen molar-refractivity contribution >= 4 is 38.7 Å². The van der Waals surface area contributed by atoms with E-state index in [0.29, 0.717) is 18.0 Å². The number of piperazine rings is 1. The lowest BCUT2D eigenvalue weighted by Crippen LogP contribution is -2.46. The van der Waals surface area contributed by atoms with Crippen LogP contribution in [-0.2, 0) is 4.79 Å². The minimum atomic E-state index is -0.131. The Morgan fingerprint density at radius 1 is 1.10 bits per heavy atom. The van der Waals surface area contributed by atoms with Crippen molar-refractivity contribution < 1.29 is 14.3 Å². The highest BCUT2D eigenvalue weighted by Crippen LogP contribution is 2.32. The molecule has 1 amide bonds. The number of carbonyl (C=O) groups excluding carboxylic acids is 1. The lowest BCUT2D eigenvalue weighted by molar-refractivity contribution is -0.118. The molecule has 0 bridgehead atoms. The summed E-state index contributed by atoms with van der Waals surface area (Å²) >= 11 is 1.81. The molecular formula is C23H25N3O3S. The monoisotopic (exact) mass is 423 g/mol. The van der Waals surface area contributed by atoms with Crippen molar-refractivity contribution in [2.75, 3.05) is 56.2 Å². The molecule has 0 spiro atoms. The molecule has 1 N–H and O–H groups in total. The van der Waals surface area contributed by atoms with Gasteiger partial charge in [-0.15, -0.1) is 11.3 Å². The van der Waals surface area contributed by atoms with E-state index in [4.69, 9.17) is 9.47 Å². The predicted octanol–water partition coefficient (Wildman–Crippen LogP) is 3.82. The van der Waals surface area contributed by atoms with Gasteiger partial charge in [0.1, 0.15) is 11.5 Å². The summed E-state index contributed by atoms with van der Waals surface area (Å²) in [5.41, 5.74) is 2.04. The van der Waals surface area contributed by atoms with Gasteiger partial charge in [0.15, 0.2) is 6.61 Å². The summed E-state index contributed by atoms with van der Waals surface area (Å²) in [6.07, 6.45) is 0.972. The van der Waals surface area contributed by atoms with Gasteiger partial charge in [-0.05, 0) is 42.1 Å². The number of ether oxygens (including phenoxy) is 2. The first kappa shape index (κ1) is 19.2. The topological polar surface area (TPSA) is 54.0 Å². The van der Waals surface area contributed by atoms with Crippen molar-refractivity contribution in [3.8, 4) is 11.5 Å². The second-order valence-electron chi connectivity index (χ2n) is 7.64. The Morgan fingerprint density at radius 2 is 2.00 bits per heavy atom. The van der Waals surface area contributed by atoms with E-state index in [1.807, 2.05) is 18.2 Å². The standard InChI is InChI=1S/C23H25N3O3S/c27-23-16-29-21-6-5-17(15-19(21)24-23)28-13-2-8-25-9-11-26(12-10-25)20-3-1-4-22-18(20)7-14-30-22/h1,3-7,14-15H,2,8-13,16H2,(H,24,27). The lowest BCUT2D eigenvalue weighted by Gasteiger charge is -2.36. The minimum absolute atomic E-state index is 0.0723. The molecule has 7 heteroatoms. The third kappa shape index (κ3) is 4.08. The number of thiophene rings is 1. The SMILES string of the molecule is O=C1COc2ccc(OCCCN3CCN(c4cccc5sccc45)CC3)cc2N1. The number of carbonyl (C=O) groups is 1. The second kappa shape index (κ2) is 8.53. The fourth-order valence-corrected chi connectivity index (χ4v) is 4.90. The number of amides is 1. The van der Waals surface area contributed by atoms with E-state index in [0.717, 1.165) is 44.9 Å². The van der Waals surface area contributed by atoms with Crippen molar-refractivity contribution in [3.05, 3.63) is 47.8 Å². The van der Waals surface area contributed by atoms with Gasteiger partial charge in [-0.3, -0.25) is 9.69 Å². The molecule has 0 aliphatic carbocycles. The number of nitrogens with one attached hydrogen (secondary N) is 1. The number of hydrogen-bond acceptors (Lipinski definition) is 6. The van der Waals surface area contributed by atoms with Crippen molar-refractivity contribution in [2.45, 2.75) is 6.42 Å². The molecule has 1 fully saturated rings. The summed E-state index contributed by atoms with van der Waals surface area (Å²) in [4.78, 5) is 16.5. The van der Waals surface area contributed by atoms with Gasteiger partial charge >= 0.3 is 0 Å². The quantitative estimate of drug-likeness (QED) is 0.611. The van der Waals surface area contributed by atoms with E-state index < -0.39 is 0 Å². The minimum Gasteiger partial charge on any atom is -0.493 e. The molecule has 30 heavy (non-hydrogen) atoms. The largest absolute Gasteiger partial charge is 0.493 e. The molecule has 1 aromatic heterocycles. The maximum atomic E-state index is 11.5. The van der Waals surface area contributed by atoms with E-state index in [2.05, 4.69) is 44.8 Å². The van der Waals surface area contributed by atoms with E-state index >= 15 is 0 Å². The van der Waals surface area contributed by atoms with Crippen molar-refractivity contribution in [1.82, 2.24) is 4.90 Å². The average Bonchev–Trinajstić information content (AvgIpc) is 3.26. The number of anilines is 2. The van der Waals surface area contributed by atoms with Crippen LogP contribution in [0, 0.1) is 0 Å². The maximum Gasteiger partial charge on any atom is 0.262 e. The summed E-state index contributed by atoms with van der Waals surface area (Å²) in [6.45, 7) is 6.01. The average molecular weight is 424 g/mol. The van der Waals surface area contributed by atoms with Crippen LogP contribution in [-0.4, -0.2) is 56.7 Å². The molecule has 3 heterocycles. The number of benzene rings is 2. The molecule has 2 aliphatic rings. The zero-order valence-corrected chi connectivity index (χ0v) is 17.6. The van der Waals surface area contributed by atoms with Crippen LogP contribution in [0.2, 0.25) is 0 Å². The zero-order chi connectivity index (χ0) is 20.3. The molecule has 0 unspecified atom stereocenters. The first-order valence-corrected chi connectivity index (χ1v) is 11.3. The zero-order valence-electron chi connectivity index (χ0n) is 16.8. The molecule has 1 saturated heterocycles. The normalized spacial score (nSPS) is 16.8. The van der Waals surface area contributed by atoms with E-state index in [-0.39, 0.29) is 12.5 Å². The van der Waals surface area contributed by atoms with E-state index in [9.17, 15) is 4.79 Å². The number of rotatable bonds is 6. The summed E-state index contributed by atoms with van der Waals surface area (Å²) in [6, 6.07) is 14.4. The summed E-state index contributed by atoms with van der Waals surface area (Å²) in [5, 5.41) is 6.36. The first-order valence-electron chi connectivity index (χ1n) is 10.4. The highest BCUT2D eigenvalue weighted by molar-refractivity contribution is 7.17. The number of fused-ring (bicyclic) bond motifs is 2. The van der Waals surface area contributed by atoms with Crippen molar-refractivity contribution in [1.29, 1.82) is 0 Å².